The van der Waals surface area contributed by atoms with Gasteiger partial charge in [0.25, 0.3) is 0 Å². The molecular formula is C82H52N8. The van der Waals surface area contributed by atoms with Gasteiger partial charge in [-0.05, 0) is 108 Å². The molecule has 420 valence electrons. The third-order valence-electron chi connectivity index (χ3n) is 16.0. The number of hydrogen-bond acceptors (Lipinski definition) is 8. The largest absolute Gasteiger partial charge is 0.208 e. The van der Waals surface area contributed by atoms with E-state index in [1.54, 1.807) is 0 Å². The van der Waals surface area contributed by atoms with Gasteiger partial charge in [-0.25, -0.2) is 29.9 Å². The molecule has 0 unspecified atom stereocenters. The number of benzene rings is 13. The second kappa shape index (κ2) is 25.1. The summed E-state index contributed by atoms with van der Waals surface area (Å²) in [5.41, 5.74) is 18.0. The zero-order chi connectivity index (χ0) is 60.6. The van der Waals surface area contributed by atoms with Gasteiger partial charge in [0.15, 0.2) is 34.9 Å². The minimum Gasteiger partial charge on any atom is -0.208 e. The van der Waals surface area contributed by atoms with Gasteiger partial charge >= 0.3 is 0 Å². The monoisotopic (exact) mass is 1150 g/mol. The molecule has 2 aromatic heterocycles. The molecule has 0 aliphatic heterocycles. The van der Waals surface area contributed by atoms with Gasteiger partial charge in [-0.2, -0.15) is 10.5 Å². The summed E-state index contributed by atoms with van der Waals surface area (Å²) in [5.74, 6) is 3.80. The van der Waals surface area contributed by atoms with Gasteiger partial charge in [-0.15, -0.1) is 0 Å². The van der Waals surface area contributed by atoms with Crippen LogP contribution in [-0.2, 0) is 0 Å². The molecule has 0 amide bonds. The van der Waals surface area contributed by atoms with E-state index in [9.17, 15) is 10.5 Å². The molecule has 15 rings (SSSR count). The molecule has 0 saturated heterocycles. The molecule has 0 radical (unpaired) electrons. The van der Waals surface area contributed by atoms with E-state index in [0.29, 0.717) is 46.1 Å². The fraction of sp³-hybridized carbons (Fsp3) is 0. The molecule has 2 heterocycles. The summed E-state index contributed by atoms with van der Waals surface area (Å²) in [6, 6.07) is 111. The molecule has 15 aromatic rings. The highest BCUT2D eigenvalue weighted by molar-refractivity contribution is 6.06. The van der Waals surface area contributed by atoms with Crippen LogP contribution in [0.5, 0.6) is 0 Å². The highest BCUT2D eigenvalue weighted by atomic mass is 15.0. The van der Waals surface area contributed by atoms with Gasteiger partial charge in [-0.3, -0.25) is 0 Å². The first-order chi connectivity index (χ1) is 44.5. The Morgan fingerprint density at radius 3 is 0.822 bits per heavy atom. The second-order valence-corrected chi connectivity index (χ2v) is 21.6. The normalized spacial score (nSPS) is 10.9. The summed E-state index contributed by atoms with van der Waals surface area (Å²) in [7, 11) is 0. The minimum absolute atomic E-state index is 0.622. The Morgan fingerprint density at radius 2 is 0.444 bits per heavy atom. The molecule has 0 atom stereocenters. The summed E-state index contributed by atoms with van der Waals surface area (Å²) in [6.07, 6.45) is 0. The third kappa shape index (κ3) is 11.6. The molecular weight excluding hydrogens is 1100 g/mol. The summed E-state index contributed by atoms with van der Waals surface area (Å²) < 4.78 is 0. The van der Waals surface area contributed by atoms with Gasteiger partial charge in [0.1, 0.15) is 0 Å². The lowest BCUT2D eigenvalue weighted by atomic mass is 9.91. The standard InChI is InChI=1S/C44H28N4.C38H24N4/c45-29-30-18-20-32(21-19-30)38-26-27-39(41-17-8-7-16-40(38)41)33-22-24-35(25-23-33)43-46-42(34-12-5-2-6-13-34)47-44(48-43)37-15-9-14-36(28-37)31-10-3-1-4-11-31;39-25-26-10-9-15-31(24-26)33-23-22-32(34-16-7-8-17-35(33)34)27-18-20-30(21-19-27)38-41-36(28-11-3-1-4-12-28)40-37(42-38)29-13-5-2-6-14-29/h1-28H;1-24H. The zero-order valence-electron chi connectivity index (χ0n) is 48.6. The number of rotatable bonds is 11. The second-order valence-electron chi connectivity index (χ2n) is 21.6. The lowest BCUT2D eigenvalue weighted by Crippen LogP contribution is -2.00. The van der Waals surface area contributed by atoms with Crippen molar-refractivity contribution in [2.24, 2.45) is 0 Å². The van der Waals surface area contributed by atoms with Crippen LogP contribution >= 0.6 is 0 Å². The molecule has 90 heavy (non-hydrogen) atoms. The van der Waals surface area contributed by atoms with Crippen LogP contribution in [0.15, 0.2) is 315 Å². The van der Waals surface area contributed by atoms with E-state index >= 15 is 0 Å². The Labute approximate surface area is 521 Å². The van der Waals surface area contributed by atoms with Crippen LogP contribution < -0.4 is 0 Å². The van der Waals surface area contributed by atoms with Crippen LogP contribution in [0, 0.1) is 22.7 Å². The lowest BCUT2D eigenvalue weighted by Gasteiger charge is -2.13. The van der Waals surface area contributed by atoms with Crippen molar-refractivity contribution in [3.8, 4) is 136 Å². The van der Waals surface area contributed by atoms with E-state index in [0.717, 1.165) is 105 Å². The van der Waals surface area contributed by atoms with Crippen LogP contribution in [0.2, 0.25) is 0 Å². The summed E-state index contributed by atoms with van der Waals surface area (Å²) in [4.78, 5) is 29.4. The van der Waals surface area contributed by atoms with Gasteiger partial charge in [0, 0.05) is 33.4 Å². The SMILES string of the molecule is N#Cc1ccc(-c2ccc(-c3ccc(-c4nc(-c5ccccc5)nc(-c5cccc(-c6ccccc6)c5)n4)cc3)c3ccccc23)cc1.N#Cc1cccc(-c2ccc(-c3ccc(-c4nc(-c5ccccc5)nc(-c5ccccc5)n4)cc3)c3ccccc23)c1. The van der Waals surface area contributed by atoms with Crippen molar-refractivity contribution >= 4 is 21.5 Å². The zero-order valence-corrected chi connectivity index (χ0v) is 48.6. The van der Waals surface area contributed by atoms with E-state index in [1.165, 1.54) is 5.39 Å². The predicted octanol–water partition coefficient (Wildman–Crippen LogP) is 20.1. The number of nitrogens with zero attached hydrogens (tertiary/aromatic N) is 8. The summed E-state index contributed by atoms with van der Waals surface area (Å²) in [5, 5.41) is 23.3. The Bertz CT molecular complexity index is 5100. The van der Waals surface area contributed by atoms with Crippen molar-refractivity contribution in [3.05, 3.63) is 327 Å². The van der Waals surface area contributed by atoms with Crippen LogP contribution in [0.3, 0.4) is 0 Å². The number of aromatic nitrogens is 6. The molecule has 0 aliphatic rings. The molecule has 0 bridgehead atoms. The Balaban J connectivity index is 0.000000159. The highest BCUT2D eigenvalue weighted by Crippen LogP contribution is 2.39. The molecule has 8 heteroatoms. The Kier molecular flexibility index (Phi) is 15.4. The first-order valence-electron chi connectivity index (χ1n) is 29.6. The van der Waals surface area contributed by atoms with Crippen molar-refractivity contribution in [1.82, 2.24) is 29.9 Å². The molecule has 0 fully saturated rings. The van der Waals surface area contributed by atoms with Crippen molar-refractivity contribution < 1.29 is 0 Å². The fourth-order valence-corrected chi connectivity index (χ4v) is 11.4. The topological polar surface area (TPSA) is 125 Å². The molecule has 13 aromatic carbocycles. The predicted molar refractivity (Wildman–Crippen MR) is 364 cm³/mol. The van der Waals surface area contributed by atoms with Crippen LogP contribution in [0.1, 0.15) is 11.1 Å². The van der Waals surface area contributed by atoms with Crippen molar-refractivity contribution in [3.63, 3.8) is 0 Å². The number of hydrogen-bond donors (Lipinski definition) is 0. The average molecular weight is 1150 g/mol. The van der Waals surface area contributed by atoms with Gasteiger partial charge in [0.2, 0.25) is 0 Å². The number of fused-ring (bicyclic) bond motifs is 2. The van der Waals surface area contributed by atoms with Gasteiger partial charge in [0.05, 0.1) is 23.3 Å². The summed E-state index contributed by atoms with van der Waals surface area (Å²) in [6.45, 7) is 0. The van der Waals surface area contributed by atoms with Crippen LogP contribution in [-0.4, -0.2) is 29.9 Å². The van der Waals surface area contributed by atoms with E-state index < -0.39 is 0 Å². The van der Waals surface area contributed by atoms with Crippen molar-refractivity contribution in [1.29, 1.82) is 10.5 Å². The lowest BCUT2D eigenvalue weighted by molar-refractivity contribution is 1.07. The van der Waals surface area contributed by atoms with Crippen molar-refractivity contribution in [2.75, 3.05) is 0 Å². The molecule has 8 nitrogen and oxygen atoms in total. The van der Waals surface area contributed by atoms with Crippen LogP contribution in [0.4, 0.5) is 0 Å². The van der Waals surface area contributed by atoms with E-state index in [4.69, 9.17) is 29.9 Å². The van der Waals surface area contributed by atoms with Crippen molar-refractivity contribution in [2.45, 2.75) is 0 Å². The maximum absolute atomic E-state index is 9.40. The first kappa shape index (κ1) is 55.3. The number of nitriles is 2. The molecule has 0 saturated carbocycles. The summed E-state index contributed by atoms with van der Waals surface area (Å²) >= 11 is 0. The maximum Gasteiger partial charge on any atom is 0.164 e. The van der Waals surface area contributed by atoms with Gasteiger partial charge in [-0.1, -0.05) is 285 Å². The quantitative estimate of drug-likeness (QED) is 0.125. The first-order valence-corrected chi connectivity index (χ1v) is 29.6. The highest BCUT2D eigenvalue weighted by Gasteiger charge is 2.17. The maximum atomic E-state index is 9.40. The van der Waals surface area contributed by atoms with E-state index in [1.807, 2.05) is 152 Å². The van der Waals surface area contributed by atoms with E-state index in [-0.39, 0.29) is 0 Å². The molecule has 0 N–H and O–H groups in total. The van der Waals surface area contributed by atoms with Crippen LogP contribution in [0.25, 0.3) is 146 Å². The third-order valence-corrected chi connectivity index (χ3v) is 16.0. The fourth-order valence-electron chi connectivity index (χ4n) is 11.4. The average Bonchev–Trinajstić information content (AvgIpc) is 1.47. The molecule has 0 spiro atoms. The Hall–Kier alpha value is -12.6. The minimum atomic E-state index is 0.622. The Morgan fingerprint density at radius 1 is 0.178 bits per heavy atom. The molecule has 0 aliphatic carbocycles. The van der Waals surface area contributed by atoms with E-state index in [2.05, 4.69) is 176 Å². The smallest absolute Gasteiger partial charge is 0.164 e. The van der Waals surface area contributed by atoms with Gasteiger partial charge < -0.3 is 0 Å².